The molecule has 2 rings (SSSR count). The Balaban J connectivity index is 1.87. The van der Waals surface area contributed by atoms with E-state index in [2.05, 4.69) is 25.9 Å². The van der Waals surface area contributed by atoms with E-state index in [1.54, 1.807) is 42.5 Å². The molecule has 7 heteroatoms. The summed E-state index contributed by atoms with van der Waals surface area (Å²) in [5.74, 6) is 0.535. The van der Waals surface area contributed by atoms with E-state index >= 15 is 0 Å². The molecule has 0 atom stereocenters. The third-order valence-corrected chi connectivity index (χ3v) is 2.38. The van der Waals surface area contributed by atoms with E-state index in [0.717, 1.165) is 0 Å². The molecule has 7 nitrogen and oxygen atoms in total. The number of hydrogen-bond donors (Lipinski definition) is 2. The molecule has 2 aromatic rings. The molecule has 0 fully saturated rings. The Labute approximate surface area is 104 Å². The number of hydrogen-bond acceptors (Lipinski definition) is 5. The van der Waals surface area contributed by atoms with E-state index in [4.69, 9.17) is 0 Å². The molecule has 0 bridgehead atoms. The van der Waals surface area contributed by atoms with Crippen LogP contribution >= 0.6 is 0 Å². The van der Waals surface area contributed by atoms with Crippen LogP contribution < -0.4 is 10.6 Å². The second-order valence-corrected chi connectivity index (χ2v) is 3.60. The highest BCUT2D eigenvalue weighted by atomic mass is 16.1. The monoisotopic (exact) mass is 246 g/mol. The molecule has 2 aromatic heterocycles. The third-order valence-electron chi connectivity index (χ3n) is 2.38. The van der Waals surface area contributed by atoms with Crippen LogP contribution in [-0.2, 0) is 6.54 Å². The van der Waals surface area contributed by atoms with E-state index in [1.165, 1.54) is 0 Å². The fourth-order valence-electron chi connectivity index (χ4n) is 1.45. The molecule has 0 aliphatic carbocycles. The zero-order valence-electron chi connectivity index (χ0n) is 10.00. The van der Waals surface area contributed by atoms with Crippen LogP contribution in [0.1, 0.15) is 10.4 Å². The van der Waals surface area contributed by atoms with Crippen molar-refractivity contribution in [1.29, 1.82) is 0 Å². The summed E-state index contributed by atoms with van der Waals surface area (Å²) in [6, 6.07) is 3.37. The van der Waals surface area contributed by atoms with Crippen molar-refractivity contribution >= 4 is 11.7 Å². The molecule has 0 aliphatic rings. The lowest BCUT2D eigenvalue weighted by Crippen LogP contribution is -2.27. The molecule has 2 N–H and O–H groups in total. The summed E-state index contributed by atoms with van der Waals surface area (Å²) in [6.07, 6.45) is 4.94. The van der Waals surface area contributed by atoms with Gasteiger partial charge in [0.05, 0.1) is 12.7 Å². The molecule has 0 spiro atoms. The van der Waals surface area contributed by atoms with Gasteiger partial charge in [-0.3, -0.25) is 9.48 Å². The first-order valence-electron chi connectivity index (χ1n) is 5.55. The number of rotatable bonds is 5. The summed E-state index contributed by atoms with van der Waals surface area (Å²) < 4.78 is 1.66. The van der Waals surface area contributed by atoms with E-state index in [0.29, 0.717) is 24.5 Å². The number of pyridine rings is 1. The Kier molecular flexibility index (Phi) is 3.85. The highest BCUT2D eigenvalue weighted by Crippen LogP contribution is 2.05. The van der Waals surface area contributed by atoms with Gasteiger partial charge in [0.15, 0.2) is 0 Å². The van der Waals surface area contributed by atoms with Gasteiger partial charge in [-0.1, -0.05) is 5.21 Å². The summed E-state index contributed by atoms with van der Waals surface area (Å²) in [7, 11) is 1.76. The lowest BCUT2D eigenvalue weighted by molar-refractivity contribution is 0.0952. The largest absolute Gasteiger partial charge is 0.373 e. The number of carbonyl (C=O) groups excluding carboxylic acids is 1. The first kappa shape index (κ1) is 12.0. The molecule has 0 saturated heterocycles. The second kappa shape index (κ2) is 5.76. The minimum atomic E-state index is -0.131. The number of amides is 1. The van der Waals surface area contributed by atoms with E-state index in [-0.39, 0.29) is 5.91 Å². The van der Waals surface area contributed by atoms with Crippen LogP contribution in [0.4, 0.5) is 5.82 Å². The third kappa shape index (κ3) is 3.03. The second-order valence-electron chi connectivity index (χ2n) is 3.60. The van der Waals surface area contributed by atoms with Crippen LogP contribution in [0.25, 0.3) is 0 Å². The highest BCUT2D eigenvalue weighted by molar-refractivity contribution is 5.94. The van der Waals surface area contributed by atoms with Crippen LogP contribution in [0.5, 0.6) is 0 Å². The Bertz CT molecular complexity index is 510. The SMILES string of the molecule is CNc1cc(C(=O)NCCn2ccnn2)ccn1. The van der Waals surface area contributed by atoms with Gasteiger partial charge in [-0.25, -0.2) is 4.98 Å². The number of anilines is 1. The van der Waals surface area contributed by atoms with Crippen molar-refractivity contribution in [1.82, 2.24) is 25.3 Å². The quantitative estimate of drug-likeness (QED) is 0.784. The predicted octanol–water partition coefficient (Wildman–Crippen LogP) is 0.145. The van der Waals surface area contributed by atoms with Gasteiger partial charge in [0.1, 0.15) is 5.82 Å². The van der Waals surface area contributed by atoms with E-state index < -0.39 is 0 Å². The van der Waals surface area contributed by atoms with Crippen molar-refractivity contribution in [3.05, 3.63) is 36.3 Å². The molecule has 0 aliphatic heterocycles. The van der Waals surface area contributed by atoms with Gasteiger partial charge in [0.2, 0.25) is 0 Å². The molecule has 0 radical (unpaired) electrons. The van der Waals surface area contributed by atoms with Gasteiger partial charge >= 0.3 is 0 Å². The van der Waals surface area contributed by atoms with Crippen molar-refractivity contribution in [2.24, 2.45) is 0 Å². The molecule has 18 heavy (non-hydrogen) atoms. The number of aromatic nitrogens is 4. The summed E-state index contributed by atoms with van der Waals surface area (Å²) in [4.78, 5) is 15.9. The normalized spacial score (nSPS) is 10.1. The zero-order valence-corrected chi connectivity index (χ0v) is 10.00. The Morgan fingerprint density at radius 2 is 2.33 bits per heavy atom. The van der Waals surface area contributed by atoms with Gasteiger partial charge < -0.3 is 10.6 Å². The Morgan fingerprint density at radius 3 is 3.06 bits per heavy atom. The molecule has 94 valence electrons. The molecule has 2 heterocycles. The average molecular weight is 246 g/mol. The topological polar surface area (TPSA) is 84.7 Å². The molecule has 0 saturated carbocycles. The molecular formula is C11H14N6O. The van der Waals surface area contributed by atoms with Crippen molar-refractivity contribution in [2.45, 2.75) is 6.54 Å². The van der Waals surface area contributed by atoms with Crippen LogP contribution in [0.3, 0.4) is 0 Å². The summed E-state index contributed by atoms with van der Waals surface area (Å²) in [5, 5.41) is 13.2. The Morgan fingerprint density at radius 1 is 1.44 bits per heavy atom. The van der Waals surface area contributed by atoms with Crippen LogP contribution in [-0.4, -0.2) is 39.5 Å². The van der Waals surface area contributed by atoms with E-state index in [9.17, 15) is 4.79 Å². The predicted molar refractivity (Wildman–Crippen MR) is 66.1 cm³/mol. The van der Waals surface area contributed by atoms with Crippen molar-refractivity contribution in [3.8, 4) is 0 Å². The molecule has 1 amide bonds. The summed E-state index contributed by atoms with van der Waals surface area (Å²) in [6.45, 7) is 1.09. The van der Waals surface area contributed by atoms with Crippen molar-refractivity contribution in [3.63, 3.8) is 0 Å². The smallest absolute Gasteiger partial charge is 0.251 e. The summed E-state index contributed by atoms with van der Waals surface area (Å²) in [5.41, 5.74) is 0.577. The van der Waals surface area contributed by atoms with Gasteiger partial charge in [-0.15, -0.1) is 5.10 Å². The van der Waals surface area contributed by atoms with Crippen LogP contribution in [0.2, 0.25) is 0 Å². The summed E-state index contributed by atoms with van der Waals surface area (Å²) >= 11 is 0. The fourth-order valence-corrected chi connectivity index (χ4v) is 1.45. The lowest BCUT2D eigenvalue weighted by atomic mass is 10.2. The van der Waals surface area contributed by atoms with Crippen molar-refractivity contribution < 1.29 is 4.79 Å². The van der Waals surface area contributed by atoms with Crippen LogP contribution in [0, 0.1) is 0 Å². The Hall–Kier alpha value is -2.44. The minimum absolute atomic E-state index is 0.131. The fraction of sp³-hybridized carbons (Fsp3) is 0.273. The molecular weight excluding hydrogens is 232 g/mol. The lowest BCUT2D eigenvalue weighted by Gasteiger charge is -2.06. The standard InChI is InChI=1S/C11H14N6O/c1-12-10-8-9(2-3-13-10)11(18)14-4-6-17-7-5-15-16-17/h2-3,5,7-8H,4,6H2,1H3,(H,12,13)(H,14,18). The highest BCUT2D eigenvalue weighted by Gasteiger charge is 2.05. The maximum Gasteiger partial charge on any atom is 0.251 e. The first-order chi connectivity index (χ1) is 8.79. The number of nitrogens with zero attached hydrogens (tertiary/aromatic N) is 4. The van der Waals surface area contributed by atoms with Crippen LogP contribution in [0.15, 0.2) is 30.7 Å². The molecule has 0 unspecified atom stereocenters. The van der Waals surface area contributed by atoms with E-state index in [1.807, 2.05) is 0 Å². The van der Waals surface area contributed by atoms with Crippen molar-refractivity contribution in [2.75, 3.05) is 18.9 Å². The van der Waals surface area contributed by atoms with Gasteiger partial charge in [0.25, 0.3) is 5.91 Å². The maximum absolute atomic E-state index is 11.8. The zero-order chi connectivity index (χ0) is 12.8. The maximum atomic E-state index is 11.8. The minimum Gasteiger partial charge on any atom is -0.373 e. The van der Waals surface area contributed by atoms with Gasteiger partial charge in [-0.05, 0) is 12.1 Å². The van der Waals surface area contributed by atoms with Gasteiger partial charge in [-0.2, -0.15) is 0 Å². The number of carbonyl (C=O) groups is 1. The average Bonchev–Trinajstić information content (AvgIpc) is 2.92. The first-order valence-corrected chi connectivity index (χ1v) is 5.55. The van der Waals surface area contributed by atoms with Gasteiger partial charge in [0, 0.05) is 31.5 Å². The number of nitrogens with one attached hydrogen (secondary N) is 2. The molecule has 0 aromatic carbocycles.